The van der Waals surface area contributed by atoms with Crippen molar-refractivity contribution in [3.63, 3.8) is 0 Å². The number of likely N-dealkylation sites (tertiary alicyclic amines) is 1. The predicted molar refractivity (Wildman–Crippen MR) is 54.6 cm³/mol. The van der Waals surface area contributed by atoms with Gasteiger partial charge in [0, 0.05) is 12.8 Å². The lowest BCUT2D eigenvalue weighted by Crippen LogP contribution is -3.00. The number of hydrogen-bond donors (Lipinski definition) is 0. The molecule has 0 bridgehead atoms. The van der Waals surface area contributed by atoms with Gasteiger partial charge >= 0.3 is 0 Å². The number of carbonyl (C=O) groups is 1. The fourth-order valence-electron chi connectivity index (χ4n) is 2.59. The van der Waals surface area contributed by atoms with Crippen LogP contribution in [0, 0.1) is 0 Å². The molecule has 1 saturated heterocycles. The molecular weight excluding hydrogens is 198 g/mol. The molecule has 1 rings (SSSR count). The average molecular weight is 220 g/mol. The zero-order chi connectivity index (χ0) is 9.73. The van der Waals surface area contributed by atoms with Crippen LogP contribution in [0.5, 0.6) is 0 Å². The van der Waals surface area contributed by atoms with E-state index in [1.54, 1.807) is 0 Å². The van der Waals surface area contributed by atoms with Gasteiger partial charge < -0.3 is 16.9 Å². The molecule has 0 amide bonds. The van der Waals surface area contributed by atoms with Gasteiger partial charge in [-0.15, -0.1) is 0 Å². The van der Waals surface area contributed by atoms with Crippen molar-refractivity contribution in [1.82, 2.24) is 0 Å². The molecule has 84 valence electrons. The second kappa shape index (κ2) is 6.41. The van der Waals surface area contributed by atoms with Gasteiger partial charge in [-0.1, -0.05) is 13.8 Å². The molecule has 1 aliphatic heterocycles. The number of halogens is 1. The second-order valence-electron chi connectivity index (χ2n) is 4.31. The van der Waals surface area contributed by atoms with E-state index in [0.717, 1.165) is 23.9 Å². The maximum absolute atomic E-state index is 11.4. The number of Topliss-reactive ketones (excluding diaryl/α,β-unsaturated/α-hetero) is 1. The molecule has 0 aliphatic carbocycles. The SMILES string of the molecule is CCC[N+]1(CCC)CCCC(=O)C1.[Cl-]. The van der Waals surface area contributed by atoms with Crippen LogP contribution in [-0.2, 0) is 4.79 Å². The van der Waals surface area contributed by atoms with Gasteiger partial charge in [0.25, 0.3) is 0 Å². The van der Waals surface area contributed by atoms with Crippen molar-refractivity contribution in [2.45, 2.75) is 39.5 Å². The van der Waals surface area contributed by atoms with Crippen LogP contribution < -0.4 is 12.4 Å². The minimum Gasteiger partial charge on any atom is -1.00 e. The molecule has 0 atom stereocenters. The Bertz CT molecular complexity index is 171. The summed E-state index contributed by atoms with van der Waals surface area (Å²) < 4.78 is 1.08. The molecule has 0 aromatic rings. The van der Waals surface area contributed by atoms with Gasteiger partial charge in [-0.3, -0.25) is 4.79 Å². The summed E-state index contributed by atoms with van der Waals surface area (Å²) in [6.45, 7) is 8.86. The lowest BCUT2D eigenvalue weighted by atomic mass is 10.1. The lowest BCUT2D eigenvalue weighted by molar-refractivity contribution is -0.923. The summed E-state index contributed by atoms with van der Waals surface area (Å²) in [6.07, 6.45) is 4.34. The van der Waals surface area contributed by atoms with Crippen molar-refractivity contribution in [1.29, 1.82) is 0 Å². The number of ketones is 1. The molecule has 0 radical (unpaired) electrons. The zero-order valence-corrected chi connectivity index (χ0v) is 10.1. The highest BCUT2D eigenvalue weighted by Crippen LogP contribution is 2.18. The highest BCUT2D eigenvalue weighted by atomic mass is 35.5. The molecule has 14 heavy (non-hydrogen) atoms. The molecular formula is C11H22ClNO. The fraction of sp³-hybridized carbons (Fsp3) is 0.909. The number of rotatable bonds is 4. The van der Waals surface area contributed by atoms with E-state index in [9.17, 15) is 4.79 Å². The number of piperidine rings is 1. The van der Waals surface area contributed by atoms with E-state index in [-0.39, 0.29) is 12.4 Å². The molecule has 0 N–H and O–H groups in total. The monoisotopic (exact) mass is 219 g/mol. The summed E-state index contributed by atoms with van der Waals surface area (Å²) in [5, 5.41) is 0. The Balaban J connectivity index is 0.00000169. The minimum absolute atomic E-state index is 0. The summed E-state index contributed by atoms with van der Waals surface area (Å²) in [5.74, 6) is 0.480. The van der Waals surface area contributed by atoms with Crippen molar-refractivity contribution >= 4 is 5.78 Å². The van der Waals surface area contributed by atoms with E-state index in [1.807, 2.05) is 0 Å². The first-order valence-corrected chi connectivity index (χ1v) is 5.59. The maximum Gasteiger partial charge on any atom is 0.187 e. The van der Waals surface area contributed by atoms with Crippen molar-refractivity contribution in [2.75, 3.05) is 26.2 Å². The van der Waals surface area contributed by atoms with Gasteiger partial charge in [0.1, 0.15) is 6.54 Å². The quantitative estimate of drug-likeness (QED) is 0.554. The molecule has 1 aliphatic rings. The zero-order valence-electron chi connectivity index (χ0n) is 9.39. The Hall–Kier alpha value is -0.0800. The molecule has 2 nitrogen and oxygen atoms in total. The van der Waals surface area contributed by atoms with Gasteiger partial charge in [0.15, 0.2) is 5.78 Å². The number of nitrogens with zero attached hydrogens (tertiary/aromatic N) is 1. The smallest absolute Gasteiger partial charge is 0.187 e. The summed E-state index contributed by atoms with van der Waals surface area (Å²) in [6, 6.07) is 0. The second-order valence-corrected chi connectivity index (χ2v) is 4.31. The van der Waals surface area contributed by atoms with Crippen LogP contribution >= 0.6 is 0 Å². The van der Waals surface area contributed by atoms with Crippen molar-refractivity contribution < 1.29 is 21.7 Å². The normalized spacial score (nSPS) is 20.3. The first kappa shape index (κ1) is 13.9. The van der Waals surface area contributed by atoms with Crippen LogP contribution in [-0.4, -0.2) is 36.4 Å². The Kier molecular flexibility index (Phi) is 6.38. The molecule has 0 unspecified atom stereocenters. The standard InChI is InChI=1S/C11H22NO.ClH/c1-3-7-12(8-4-2)9-5-6-11(13)10-12;/h3-10H2,1-2H3;1H/q+1;/p-1. The van der Waals surface area contributed by atoms with E-state index in [0.29, 0.717) is 5.78 Å². The van der Waals surface area contributed by atoms with Gasteiger partial charge in [-0.25, -0.2) is 0 Å². The summed E-state index contributed by atoms with van der Waals surface area (Å²) >= 11 is 0. The largest absolute Gasteiger partial charge is 1.00 e. The molecule has 0 aromatic heterocycles. The third kappa shape index (κ3) is 3.58. The van der Waals surface area contributed by atoms with Crippen molar-refractivity contribution in [3.05, 3.63) is 0 Å². The third-order valence-corrected chi connectivity index (χ3v) is 3.00. The van der Waals surface area contributed by atoms with Gasteiger partial charge in [-0.05, 0) is 12.8 Å². The van der Waals surface area contributed by atoms with E-state index in [4.69, 9.17) is 0 Å². The Morgan fingerprint density at radius 1 is 1.21 bits per heavy atom. The van der Waals surface area contributed by atoms with Crippen LogP contribution in [0.3, 0.4) is 0 Å². The Labute approximate surface area is 93.7 Å². The van der Waals surface area contributed by atoms with Crippen molar-refractivity contribution in [2.24, 2.45) is 0 Å². The summed E-state index contributed by atoms with van der Waals surface area (Å²) in [7, 11) is 0. The molecule has 0 aromatic carbocycles. The van der Waals surface area contributed by atoms with Crippen LogP contribution in [0.15, 0.2) is 0 Å². The van der Waals surface area contributed by atoms with Gasteiger partial charge in [-0.2, -0.15) is 0 Å². The van der Waals surface area contributed by atoms with Gasteiger partial charge in [0.2, 0.25) is 0 Å². The van der Waals surface area contributed by atoms with Crippen LogP contribution in [0.4, 0.5) is 0 Å². The molecule has 0 saturated carbocycles. The van der Waals surface area contributed by atoms with Crippen molar-refractivity contribution in [3.8, 4) is 0 Å². The maximum atomic E-state index is 11.4. The topological polar surface area (TPSA) is 17.1 Å². The van der Waals surface area contributed by atoms with Crippen LogP contribution in [0.1, 0.15) is 39.5 Å². The van der Waals surface area contributed by atoms with Crippen LogP contribution in [0.25, 0.3) is 0 Å². The summed E-state index contributed by atoms with van der Waals surface area (Å²) in [5.41, 5.74) is 0. The molecule has 0 spiro atoms. The lowest BCUT2D eigenvalue weighted by Gasteiger charge is -2.40. The van der Waals surface area contributed by atoms with Gasteiger partial charge in [0.05, 0.1) is 19.6 Å². The van der Waals surface area contributed by atoms with E-state index >= 15 is 0 Å². The number of quaternary nitrogens is 1. The summed E-state index contributed by atoms with van der Waals surface area (Å²) in [4.78, 5) is 11.4. The number of carbonyl (C=O) groups excluding carboxylic acids is 1. The third-order valence-electron chi connectivity index (χ3n) is 3.00. The highest BCUT2D eigenvalue weighted by Gasteiger charge is 2.32. The highest BCUT2D eigenvalue weighted by molar-refractivity contribution is 5.79. The Morgan fingerprint density at radius 3 is 2.21 bits per heavy atom. The minimum atomic E-state index is 0. The average Bonchev–Trinajstić information content (AvgIpc) is 2.04. The first-order valence-electron chi connectivity index (χ1n) is 5.59. The van der Waals surface area contributed by atoms with Crippen LogP contribution in [0.2, 0.25) is 0 Å². The molecule has 1 heterocycles. The van der Waals surface area contributed by atoms with E-state index < -0.39 is 0 Å². The first-order chi connectivity index (χ1) is 6.22. The molecule has 1 fully saturated rings. The van der Waals surface area contributed by atoms with E-state index in [1.165, 1.54) is 32.5 Å². The molecule has 3 heteroatoms. The predicted octanol–water partition coefficient (Wildman–Crippen LogP) is -1.01. The Morgan fingerprint density at radius 2 is 1.79 bits per heavy atom. The van der Waals surface area contributed by atoms with E-state index in [2.05, 4.69) is 13.8 Å². The fourth-order valence-corrected chi connectivity index (χ4v) is 2.59. The number of hydrogen-bond acceptors (Lipinski definition) is 1.